The molecule has 1 aliphatic rings. The van der Waals surface area contributed by atoms with Gasteiger partial charge in [0, 0.05) is 0 Å². The molecule has 0 radical (unpaired) electrons. The molecule has 0 spiro atoms. The van der Waals surface area contributed by atoms with E-state index in [0.717, 1.165) is 11.5 Å². The van der Waals surface area contributed by atoms with Crippen LogP contribution < -0.4 is 5.46 Å². The van der Waals surface area contributed by atoms with Crippen molar-refractivity contribution < 1.29 is 10.0 Å². The van der Waals surface area contributed by atoms with Crippen LogP contribution in [0.2, 0.25) is 0 Å². The van der Waals surface area contributed by atoms with Crippen molar-refractivity contribution in [1.29, 1.82) is 0 Å². The molecule has 3 heteroatoms. The zero-order valence-electron chi connectivity index (χ0n) is 11.2. The molecule has 0 heterocycles. The highest BCUT2D eigenvalue weighted by Crippen LogP contribution is 2.36. The molecule has 98 valence electrons. The van der Waals surface area contributed by atoms with E-state index in [1.54, 1.807) is 0 Å². The van der Waals surface area contributed by atoms with E-state index in [1.165, 1.54) is 38.5 Å². The third kappa shape index (κ3) is 3.15. The Labute approximate surface area is 110 Å². The highest BCUT2D eigenvalue weighted by Gasteiger charge is 2.26. The third-order valence-electron chi connectivity index (χ3n) is 4.26. The minimum absolute atomic E-state index is 0.510. The summed E-state index contributed by atoms with van der Waals surface area (Å²) in [7, 11) is -1.34. The fraction of sp³-hybridized carbons (Fsp3) is 0.600. The van der Waals surface area contributed by atoms with Crippen molar-refractivity contribution in [2.45, 2.75) is 51.4 Å². The molecule has 0 bridgehead atoms. The summed E-state index contributed by atoms with van der Waals surface area (Å²) in [5, 5.41) is 18.9. The minimum Gasteiger partial charge on any atom is -0.423 e. The Balaban J connectivity index is 2.05. The maximum atomic E-state index is 9.43. The molecule has 1 aromatic carbocycles. The van der Waals surface area contributed by atoms with Crippen LogP contribution in [0.1, 0.15) is 56.9 Å². The molecule has 1 saturated carbocycles. The topological polar surface area (TPSA) is 40.5 Å². The zero-order valence-corrected chi connectivity index (χ0v) is 11.2. The molecule has 0 unspecified atom stereocenters. The van der Waals surface area contributed by atoms with Gasteiger partial charge in [0.25, 0.3) is 0 Å². The molecule has 1 aromatic rings. The lowest BCUT2D eigenvalue weighted by atomic mass is 9.69. The molecule has 0 atom stereocenters. The first-order chi connectivity index (χ1) is 8.72. The minimum atomic E-state index is -1.34. The molecule has 2 N–H and O–H groups in total. The molecular weight excluding hydrogens is 223 g/mol. The fourth-order valence-corrected chi connectivity index (χ4v) is 3.29. The largest absolute Gasteiger partial charge is 0.488 e. The summed E-state index contributed by atoms with van der Waals surface area (Å²) >= 11 is 0. The van der Waals surface area contributed by atoms with E-state index < -0.39 is 7.12 Å². The second-order valence-electron chi connectivity index (χ2n) is 5.51. The number of hydrogen-bond acceptors (Lipinski definition) is 2. The standard InChI is InChI=1S/C15H23BO2/c1-2-5-12-8-10-13(11-9-12)14-6-3-4-7-15(14)16(17)18/h3-4,6-7,12-13,17-18H,2,5,8-11H2,1H3/t12-,13-. The molecule has 1 fully saturated rings. The summed E-state index contributed by atoms with van der Waals surface area (Å²) < 4.78 is 0. The Morgan fingerprint density at radius 3 is 2.39 bits per heavy atom. The van der Waals surface area contributed by atoms with Crippen LogP contribution in [0.5, 0.6) is 0 Å². The van der Waals surface area contributed by atoms with Gasteiger partial charge in [-0.2, -0.15) is 0 Å². The molecule has 0 saturated heterocycles. The highest BCUT2D eigenvalue weighted by molar-refractivity contribution is 6.59. The van der Waals surface area contributed by atoms with Crippen molar-refractivity contribution in [1.82, 2.24) is 0 Å². The summed E-state index contributed by atoms with van der Waals surface area (Å²) in [6, 6.07) is 7.76. The van der Waals surface area contributed by atoms with Crippen LogP contribution >= 0.6 is 0 Å². The van der Waals surface area contributed by atoms with Crippen LogP contribution in [0.15, 0.2) is 24.3 Å². The summed E-state index contributed by atoms with van der Waals surface area (Å²) in [6.45, 7) is 2.25. The normalized spacial score (nSPS) is 23.9. The fourth-order valence-electron chi connectivity index (χ4n) is 3.29. The lowest BCUT2D eigenvalue weighted by Crippen LogP contribution is -2.34. The van der Waals surface area contributed by atoms with Crippen molar-refractivity contribution >= 4 is 12.6 Å². The first-order valence-electron chi connectivity index (χ1n) is 7.17. The van der Waals surface area contributed by atoms with Crippen LogP contribution in [-0.2, 0) is 0 Å². The average molecular weight is 246 g/mol. The van der Waals surface area contributed by atoms with Gasteiger partial charge >= 0.3 is 7.12 Å². The molecule has 2 rings (SSSR count). The van der Waals surface area contributed by atoms with Crippen molar-refractivity contribution in [3.8, 4) is 0 Å². The maximum absolute atomic E-state index is 9.43. The molecule has 2 nitrogen and oxygen atoms in total. The van der Waals surface area contributed by atoms with Gasteiger partial charge < -0.3 is 10.0 Å². The van der Waals surface area contributed by atoms with Gasteiger partial charge in [-0.25, -0.2) is 0 Å². The van der Waals surface area contributed by atoms with Gasteiger partial charge in [-0.1, -0.05) is 44.0 Å². The first-order valence-corrected chi connectivity index (χ1v) is 7.17. The summed E-state index contributed by atoms with van der Waals surface area (Å²) in [4.78, 5) is 0. The van der Waals surface area contributed by atoms with Crippen LogP contribution in [0.3, 0.4) is 0 Å². The predicted octanol–water partition coefficient (Wildman–Crippen LogP) is 2.44. The Bertz CT molecular complexity index is 371. The van der Waals surface area contributed by atoms with Gasteiger partial charge in [0.1, 0.15) is 0 Å². The molecule has 0 aliphatic heterocycles. The van der Waals surface area contributed by atoms with Crippen LogP contribution in [0.25, 0.3) is 0 Å². The lowest BCUT2D eigenvalue weighted by molar-refractivity contribution is 0.308. The summed E-state index contributed by atoms with van der Waals surface area (Å²) in [5.41, 5.74) is 1.83. The van der Waals surface area contributed by atoms with Gasteiger partial charge in [0.2, 0.25) is 0 Å². The van der Waals surface area contributed by atoms with Crippen LogP contribution in [0, 0.1) is 5.92 Å². The zero-order chi connectivity index (χ0) is 13.0. The van der Waals surface area contributed by atoms with Gasteiger partial charge in [-0.3, -0.25) is 0 Å². The van der Waals surface area contributed by atoms with Crippen molar-refractivity contribution in [3.63, 3.8) is 0 Å². The van der Waals surface area contributed by atoms with Gasteiger partial charge in [-0.05, 0) is 48.5 Å². The third-order valence-corrected chi connectivity index (χ3v) is 4.26. The molecule has 0 amide bonds. The Morgan fingerprint density at radius 2 is 1.78 bits per heavy atom. The van der Waals surface area contributed by atoms with Crippen LogP contribution in [-0.4, -0.2) is 17.2 Å². The number of benzene rings is 1. The Morgan fingerprint density at radius 1 is 1.11 bits per heavy atom. The van der Waals surface area contributed by atoms with Crippen LogP contribution in [0.4, 0.5) is 0 Å². The predicted molar refractivity (Wildman–Crippen MR) is 75.9 cm³/mol. The smallest absolute Gasteiger partial charge is 0.423 e. The SMILES string of the molecule is CCC[C@H]1CC[C@H](c2ccccc2B(O)O)CC1. The Kier molecular flexibility index (Phi) is 4.84. The second kappa shape index (κ2) is 6.39. The summed E-state index contributed by atoms with van der Waals surface area (Å²) in [5.74, 6) is 1.40. The number of rotatable bonds is 4. The van der Waals surface area contributed by atoms with E-state index in [1.807, 2.05) is 18.2 Å². The molecule has 1 aliphatic carbocycles. The van der Waals surface area contributed by atoms with Crippen molar-refractivity contribution in [3.05, 3.63) is 29.8 Å². The van der Waals surface area contributed by atoms with Gasteiger partial charge in [0.15, 0.2) is 0 Å². The monoisotopic (exact) mass is 246 g/mol. The maximum Gasteiger partial charge on any atom is 0.488 e. The summed E-state index contributed by atoms with van der Waals surface area (Å²) in [6.07, 6.45) is 7.57. The molecule has 0 aromatic heterocycles. The van der Waals surface area contributed by atoms with E-state index in [9.17, 15) is 10.0 Å². The number of hydrogen-bond donors (Lipinski definition) is 2. The van der Waals surface area contributed by atoms with E-state index in [-0.39, 0.29) is 0 Å². The van der Waals surface area contributed by atoms with E-state index in [0.29, 0.717) is 11.4 Å². The van der Waals surface area contributed by atoms with Gasteiger partial charge in [-0.15, -0.1) is 0 Å². The highest BCUT2D eigenvalue weighted by atomic mass is 16.4. The van der Waals surface area contributed by atoms with E-state index >= 15 is 0 Å². The lowest BCUT2D eigenvalue weighted by Gasteiger charge is -2.29. The van der Waals surface area contributed by atoms with E-state index in [4.69, 9.17) is 0 Å². The molecule has 18 heavy (non-hydrogen) atoms. The Hall–Kier alpha value is -0.795. The van der Waals surface area contributed by atoms with E-state index in [2.05, 4.69) is 13.0 Å². The molecular formula is C15H23BO2. The first kappa shape index (κ1) is 13.6. The average Bonchev–Trinajstić information content (AvgIpc) is 2.40. The van der Waals surface area contributed by atoms with Crippen molar-refractivity contribution in [2.75, 3.05) is 0 Å². The van der Waals surface area contributed by atoms with Gasteiger partial charge in [0.05, 0.1) is 0 Å². The second-order valence-corrected chi connectivity index (χ2v) is 5.51. The van der Waals surface area contributed by atoms with Crippen molar-refractivity contribution in [2.24, 2.45) is 5.92 Å². The quantitative estimate of drug-likeness (QED) is 0.801.